The van der Waals surface area contributed by atoms with Crippen LogP contribution in [0.1, 0.15) is 39.5 Å². The van der Waals surface area contributed by atoms with Crippen LogP contribution in [0.5, 0.6) is 0 Å². The SMILES string of the molecule is CC(C)CCCNC(=O)N1CCN(C(=O)C2CCCO2)CC1. The number of amides is 3. The Balaban J connectivity index is 1.65. The van der Waals surface area contributed by atoms with E-state index in [0.717, 1.165) is 32.2 Å². The molecule has 6 nitrogen and oxygen atoms in total. The van der Waals surface area contributed by atoms with Crippen LogP contribution in [-0.2, 0) is 9.53 Å². The van der Waals surface area contributed by atoms with Gasteiger partial charge in [-0.3, -0.25) is 4.79 Å². The normalized spacial score (nSPS) is 22.2. The van der Waals surface area contributed by atoms with Crippen LogP contribution in [-0.4, -0.2) is 67.2 Å². The molecule has 0 aromatic heterocycles. The first-order chi connectivity index (χ1) is 10.6. The highest BCUT2D eigenvalue weighted by molar-refractivity contribution is 5.81. The molecule has 2 aliphatic heterocycles. The number of hydrogen-bond acceptors (Lipinski definition) is 3. The van der Waals surface area contributed by atoms with Crippen LogP contribution < -0.4 is 5.32 Å². The number of carbonyl (C=O) groups excluding carboxylic acids is 2. The van der Waals surface area contributed by atoms with Crippen LogP contribution >= 0.6 is 0 Å². The van der Waals surface area contributed by atoms with Gasteiger partial charge < -0.3 is 19.9 Å². The highest BCUT2D eigenvalue weighted by atomic mass is 16.5. The third-order valence-corrected chi connectivity index (χ3v) is 4.32. The molecule has 2 fully saturated rings. The molecule has 3 amide bonds. The summed E-state index contributed by atoms with van der Waals surface area (Å²) in [6.07, 6.45) is 3.69. The van der Waals surface area contributed by atoms with E-state index >= 15 is 0 Å². The van der Waals surface area contributed by atoms with Gasteiger partial charge in [0.15, 0.2) is 0 Å². The smallest absolute Gasteiger partial charge is 0.317 e. The summed E-state index contributed by atoms with van der Waals surface area (Å²) in [4.78, 5) is 27.9. The minimum atomic E-state index is -0.253. The molecule has 0 aromatic rings. The van der Waals surface area contributed by atoms with Gasteiger partial charge in [0.2, 0.25) is 0 Å². The summed E-state index contributed by atoms with van der Waals surface area (Å²) in [6, 6.07) is -0.00651. The molecule has 0 bridgehead atoms. The highest BCUT2D eigenvalue weighted by Crippen LogP contribution is 2.16. The Morgan fingerprint density at radius 3 is 2.45 bits per heavy atom. The highest BCUT2D eigenvalue weighted by Gasteiger charge is 2.31. The average Bonchev–Trinajstić information content (AvgIpc) is 3.05. The van der Waals surface area contributed by atoms with E-state index in [1.165, 1.54) is 0 Å². The van der Waals surface area contributed by atoms with Gasteiger partial charge in [0, 0.05) is 39.3 Å². The fourth-order valence-corrected chi connectivity index (χ4v) is 2.92. The summed E-state index contributed by atoms with van der Waals surface area (Å²) in [7, 11) is 0. The largest absolute Gasteiger partial charge is 0.368 e. The summed E-state index contributed by atoms with van der Waals surface area (Å²) in [6.45, 7) is 8.22. The van der Waals surface area contributed by atoms with Crippen molar-refractivity contribution in [1.29, 1.82) is 0 Å². The lowest BCUT2D eigenvalue weighted by atomic mass is 10.1. The van der Waals surface area contributed by atoms with E-state index < -0.39 is 0 Å². The lowest BCUT2D eigenvalue weighted by Gasteiger charge is -2.35. The molecule has 1 unspecified atom stereocenters. The van der Waals surface area contributed by atoms with Gasteiger partial charge in [-0.2, -0.15) is 0 Å². The molecule has 2 aliphatic rings. The van der Waals surface area contributed by atoms with Gasteiger partial charge in [-0.25, -0.2) is 4.79 Å². The molecule has 0 saturated carbocycles. The number of hydrogen-bond donors (Lipinski definition) is 1. The van der Waals surface area contributed by atoms with Gasteiger partial charge in [-0.05, 0) is 31.6 Å². The van der Waals surface area contributed by atoms with Crippen LogP contribution in [0, 0.1) is 5.92 Å². The van der Waals surface area contributed by atoms with E-state index in [9.17, 15) is 9.59 Å². The maximum Gasteiger partial charge on any atom is 0.317 e. The lowest BCUT2D eigenvalue weighted by Crippen LogP contribution is -2.54. The van der Waals surface area contributed by atoms with Gasteiger partial charge in [-0.1, -0.05) is 13.8 Å². The number of nitrogens with one attached hydrogen (secondary N) is 1. The van der Waals surface area contributed by atoms with Crippen molar-refractivity contribution in [2.75, 3.05) is 39.3 Å². The Hall–Kier alpha value is -1.30. The average molecular weight is 311 g/mol. The van der Waals surface area contributed by atoms with Crippen molar-refractivity contribution in [3.63, 3.8) is 0 Å². The molecule has 0 radical (unpaired) electrons. The topological polar surface area (TPSA) is 61.9 Å². The molecular formula is C16H29N3O3. The Bertz CT molecular complexity index is 373. The Morgan fingerprint density at radius 1 is 1.18 bits per heavy atom. The van der Waals surface area contributed by atoms with Crippen LogP contribution in [0.3, 0.4) is 0 Å². The van der Waals surface area contributed by atoms with Crippen LogP contribution in [0.15, 0.2) is 0 Å². The van der Waals surface area contributed by atoms with Crippen molar-refractivity contribution in [2.24, 2.45) is 5.92 Å². The van der Waals surface area contributed by atoms with Gasteiger partial charge in [-0.15, -0.1) is 0 Å². The number of rotatable bonds is 5. The van der Waals surface area contributed by atoms with Crippen molar-refractivity contribution in [3.8, 4) is 0 Å². The van der Waals surface area contributed by atoms with Crippen molar-refractivity contribution >= 4 is 11.9 Å². The number of ether oxygens (including phenoxy) is 1. The lowest BCUT2D eigenvalue weighted by molar-refractivity contribution is -0.142. The summed E-state index contributed by atoms with van der Waals surface area (Å²) >= 11 is 0. The number of urea groups is 1. The first-order valence-corrected chi connectivity index (χ1v) is 8.51. The minimum absolute atomic E-state index is 0.00651. The summed E-state index contributed by atoms with van der Waals surface area (Å²) in [5.74, 6) is 0.763. The van der Waals surface area contributed by atoms with E-state index in [1.807, 2.05) is 4.90 Å². The van der Waals surface area contributed by atoms with E-state index in [2.05, 4.69) is 19.2 Å². The van der Waals surface area contributed by atoms with E-state index in [4.69, 9.17) is 4.74 Å². The van der Waals surface area contributed by atoms with Crippen LogP contribution in [0.2, 0.25) is 0 Å². The first kappa shape index (κ1) is 17.1. The molecule has 2 saturated heterocycles. The predicted octanol–water partition coefficient (Wildman–Crippen LogP) is 1.46. The van der Waals surface area contributed by atoms with Crippen molar-refractivity contribution < 1.29 is 14.3 Å². The van der Waals surface area contributed by atoms with Crippen LogP contribution in [0.25, 0.3) is 0 Å². The van der Waals surface area contributed by atoms with E-state index in [0.29, 0.717) is 38.7 Å². The van der Waals surface area contributed by atoms with Gasteiger partial charge in [0.1, 0.15) is 6.10 Å². The second-order valence-electron chi connectivity index (χ2n) is 6.58. The molecule has 1 N–H and O–H groups in total. The van der Waals surface area contributed by atoms with E-state index in [-0.39, 0.29) is 18.0 Å². The number of carbonyl (C=O) groups is 2. The molecular weight excluding hydrogens is 282 g/mol. The first-order valence-electron chi connectivity index (χ1n) is 8.51. The van der Waals surface area contributed by atoms with Gasteiger partial charge in [0.25, 0.3) is 5.91 Å². The zero-order valence-electron chi connectivity index (χ0n) is 13.8. The molecule has 0 spiro atoms. The standard InChI is InChI=1S/C16H29N3O3/c1-13(2)5-3-7-17-16(21)19-10-8-18(9-11-19)15(20)14-6-4-12-22-14/h13-14H,3-12H2,1-2H3,(H,17,21). The van der Waals surface area contributed by atoms with Crippen molar-refractivity contribution in [3.05, 3.63) is 0 Å². The Labute approximate surface area is 133 Å². The summed E-state index contributed by atoms with van der Waals surface area (Å²) in [5, 5.41) is 2.97. The van der Waals surface area contributed by atoms with Gasteiger partial charge in [0.05, 0.1) is 0 Å². The fraction of sp³-hybridized carbons (Fsp3) is 0.875. The Morgan fingerprint density at radius 2 is 1.86 bits per heavy atom. The molecule has 0 aliphatic carbocycles. The molecule has 6 heteroatoms. The summed E-state index contributed by atoms with van der Waals surface area (Å²) < 4.78 is 5.44. The van der Waals surface area contributed by atoms with Crippen molar-refractivity contribution in [2.45, 2.75) is 45.6 Å². The minimum Gasteiger partial charge on any atom is -0.368 e. The van der Waals surface area contributed by atoms with Gasteiger partial charge >= 0.3 is 6.03 Å². The molecule has 2 rings (SSSR count). The molecule has 1 atom stereocenters. The second-order valence-corrected chi connectivity index (χ2v) is 6.58. The predicted molar refractivity (Wildman–Crippen MR) is 84.6 cm³/mol. The maximum atomic E-state index is 12.2. The Kier molecular flexibility index (Phi) is 6.49. The summed E-state index contributed by atoms with van der Waals surface area (Å²) in [5.41, 5.74) is 0. The number of nitrogens with zero attached hydrogens (tertiary/aromatic N) is 2. The quantitative estimate of drug-likeness (QED) is 0.782. The molecule has 0 aromatic carbocycles. The van der Waals surface area contributed by atoms with E-state index in [1.54, 1.807) is 4.90 Å². The zero-order valence-corrected chi connectivity index (χ0v) is 13.8. The number of piperazine rings is 1. The molecule has 22 heavy (non-hydrogen) atoms. The molecule has 2 heterocycles. The van der Waals surface area contributed by atoms with Crippen LogP contribution in [0.4, 0.5) is 4.79 Å². The zero-order chi connectivity index (χ0) is 15.9. The second kappa shape index (κ2) is 8.36. The van der Waals surface area contributed by atoms with Crippen molar-refractivity contribution in [1.82, 2.24) is 15.1 Å². The fourth-order valence-electron chi connectivity index (χ4n) is 2.92. The molecule has 126 valence electrons. The third kappa shape index (κ3) is 4.87. The third-order valence-electron chi connectivity index (χ3n) is 4.32. The monoisotopic (exact) mass is 311 g/mol. The maximum absolute atomic E-state index is 12.2.